The van der Waals surface area contributed by atoms with Crippen LogP contribution in [0.5, 0.6) is 0 Å². The molecule has 1 saturated heterocycles. The SMILES string of the molecule is CNC(O)c1cc(Nc2nc(-c3cnc4c(c3)N([C@H]3C[C@@H](N5CCCCC5)C3)C(=O)C4(C)C)cc3ncn(C(C)C)c23)ccc1C. The van der Waals surface area contributed by atoms with Gasteiger partial charge in [0.1, 0.15) is 11.7 Å². The van der Waals surface area contributed by atoms with Crippen molar-refractivity contribution in [3.8, 4) is 11.3 Å². The fraction of sp³-hybridized carbons (Fsp3) is 0.500. The Morgan fingerprint density at radius 1 is 1.02 bits per heavy atom. The average molecular weight is 623 g/mol. The third-order valence-corrected chi connectivity index (χ3v) is 10.3. The lowest BCUT2D eigenvalue weighted by Gasteiger charge is -2.47. The zero-order chi connectivity index (χ0) is 32.3. The highest BCUT2D eigenvalue weighted by Gasteiger charge is 2.51. The van der Waals surface area contributed by atoms with Crippen molar-refractivity contribution in [2.75, 3.05) is 30.4 Å². The van der Waals surface area contributed by atoms with Crippen molar-refractivity contribution in [3.63, 3.8) is 0 Å². The molecule has 1 aliphatic carbocycles. The van der Waals surface area contributed by atoms with Gasteiger partial charge in [0.25, 0.3) is 0 Å². The summed E-state index contributed by atoms with van der Waals surface area (Å²) < 4.78 is 2.12. The number of amides is 1. The van der Waals surface area contributed by atoms with E-state index in [-0.39, 0.29) is 18.0 Å². The van der Waals surface area contributed by atoms with Crippen LogP contribution in [0.1, 0.15) is 88.9 Å². The maximum Gasteiger partial charge on any atom is 0.239 e. The van der Waals surface area contributed by atoms with Crippen molar-refractivity contribution in [3.05, 3.63) is 59.7 Å². The molecule has 7 rings (SSSR count). The maximum absolute atomic E-state index is 13.9. The predicted octanol–water partition coefficient (Wildman–Crippen LogP) is 5.98. The molecule has 0 spiro atoms. The van der Waals surface area contributed by atoms with Crippen molar-refractivity contribution in [1.82, 2.24) is 29.7 Å². The van der Waals surface area contributed by atoms with Gasteiger partial charge in [-0.3, -0.25) is 15.1 Å². The minimum atomic E-state index is -0.777. The van der Waals surface area contributed by atoms with E-state index in [1.54, 1.807) is 7.05 Å². The maximum atomic E-state index is 13.9. The van der Waals surface area contributed by atoms with E-state index in [4.69, 9.17) is 15.0 Å². The second kappa shape index (κ2) is 11.7. The van der Waals surface area contributed by atoms with Crippen molar-refractivity contribution in [1.29, 1.82) is 0 Å². The molecular formula is C36H46N8O2. The molecule has 3 N–H and O–H groups in total. The van der Waals surface area contributed by atoms with E-state index in [9.17, 15) is 9.90 Å². The summed E-state index contributed by atoms with van der Waals surface area (Å²) in [6.07, 6.45) is 8.83. The second-order valence-corrected chi connectivity index (χ2v) is 14.1. The molecule has 1 amide bonds. The number of aliphatic hydroxyl groups is 1. The molecule has 10 heteroatoms. The standard InChI is InChI=1S/C36H46N8O2/c1-21(2)43-20-39-29-18-28(41-33(31(29)43)40-24-11-10-22(3)27(15-24)34(45)37-6)23-14-30-32(38-19-23)36(4,5)35(46)44(30)26-16-25(17-26)42-12-8-7-9-13-42/h10-11,14-15,18-21,25-26,34,37,45H,7-9,12-13,16-17H2,1-6H3,(H,40,41)/t25-,26+,34?. The number of nitrogens with one attached hydrogen (secondary N) is 2. The summed E-state index contributed by atoms with van der Waals surface area (Å²) in [5.74, 6) is 0.805. The number of carbonyl (C=O) groups excluding carboxylic acids is 1. The van der Waals surface area contributed by atoms with E-state index in [2.05, 4.69) is 40.0 Å². The van der Waals surface area contributed by atoms with Gasteiger partial charge in [-0.15, -0.1) is 0 Å². The number of hydrogen-bond acceptors (Lipinski definition) is 8. The number of fused-ring (bicyclic) bond motifs is 2. The third-order valence-electron chi connectivity index (χ3n) is 10.3. The lowest BCUT2D eigenvalue weighted by atomic mass is 9.83. The first-order valence-corrected chi connectivity index (χ1v) is 16.8. The number of pyridine rings is 2. The number of likely N-dealkylation sites (tertiary alicyclic amines) is 1. The van der Waals surface area contributed by atoms with E-state index in [1.807, 2.05) is 62.5 Å². The number of aryl methyl sites for hydroxylation is 1. The Hall–Kier alpha value is -3.86. The molecule has 3 aliphatic rings. The molecule has 0 radical (unpaired) electrons. The lowest BCUT2D eigenvalue weighted by molar-refractivity contribution is -0.123. The smallest absolute Gasteiger partial charge is 0.239 e. The summed E-state index contributed by atoms with van der Waals surface area (Å²) in [5.41, 5.74) is 6.98. The molecule has 0 bridgehead atoms. The molecule has 242 valence electrons. The Morgan fingerprint density at radius 2 is 1.78 bits per heavy atom. The normalized spacial score (nSPS) is 21.9. The summed E-state index contributed by atoms with van der Waals surface area (Å²) >= 11 is 0. The van der Waals surface area contributed by atoms with Gasteiger partial charge < -0.3 is 24.8 Å². The van der Waals surface area contributed by atoms with Gasteiger partial charge >= 0.3 is 0 Å². The van der Waals surface area contributed by atoms with Crippen LogP contribution in [0.25, 0.3) is 22.3 Å². The number of benzene rings is 1. The van der Waals surface area contributed by atoms with Crippen LogP contribution in [-0.4, -0.2) is 67.7 Å². The van der Waals surface area contributed by atoms with Crippen LogP contribution in [0, 0.1) is 6.92 Å². The molecule has 10 nitrogen and oxygen atoms in total. The van der Waals surface area contributed by atoms with Crippen molar-refractivity contribution < 1.29 is 9.90 Å². The summed E-state index contributed by atoms with van der Waals surface area (Å²) in [6, 6.07) is 11.0. The van der Waals surface area contributed by atoms with Crippen LogP contribution >= 0.6 is 0 Å². The van der Waals surface area contributed by atoms with Gasteiger partial charge in [-0.2, -0.15) is 0 Å². The second-order valence-electron chi connectivity index (χ2n) is 14.1. The van der Waals surface area contributed by atoms with Gasteiger partial charge in [0, 0.05) is 41.1 Å². The highest BCUT2D eigenvalue weighted by atomic mass is 16.3. The zero-order valence-electron chi connectivity index (χ0n) is 27.8. The van der Waals surface area contributed by atoms with Crippen molar-refractivity contribution >= 4 is 34.1 Å². The quantitative estimate of drug-likeness (QED) is 0.206. The number of aromatic nitrogens is 4. The fourth-order valence-electron chi connectivity index (χ4n) is 7.48. The summed E-state index contributed by atoms with van der Waals surface area (Å²) in [5, 5.41) is 17.0. The Balaban J connectivity index is 1.26. The van der Waals surface area contributed by atoms with Gasteiger partial charge in [0.2, 0.25) is 5.91 Å². The van der Waals surface area contributed by atoms with Gasteiger partial charge in [-0.1, -0.05) is 12.5 Å². The molecule has 2 fully saturated rings. The fourth-order valence-corrected chi connectivity index (χ4v) is 7.48. The summed E-state index contributed by atoms with van der Waals surface area (Å²) in [4.78, 5) is 33.4. The topological polar surface area (TPSA) is 111 Å². The number of nitrogens with zero attached hydrogens (tertiary/aromatic N) is 6. The van der Waals surface area contributed by atoms with E-state index < -0.39 is 11.6 Å². The molecule has 1 saturated carbocycles. The lowest BCUT2D eigenvalue weighted by Crippen LogP contribution is -2.57. The Morgan fingerprint density at radius 3 is 2.50 bits per heavy atom. The zero-order valence-corrected chi connectivity index (χ0v) is 27.8. The van der Waals surface area contributed by atoms with Crippen LogP contribution in [0.4, 0.5) is 17.2 Å². The third kappa shape index (κ3) is 5.16. The number of imidazole rings is 1. The van der Waals surface area contributed by atoms with E-state index >= 15 is 0 Å². The Kier molecular flexibility index (Phi) is 7.85. The van der Waals surface area contributed by atoms with Gasteiger partial charge in [-0.05, 0) is 110 Å². The minimum Gasteiger partial charge on any atom is -0.374 e. The molecule has 2 aliphatic heterocycles. The average Bonchev–Trinajstić information content (AvgIpc) is 3.55. The number of anilines is 3. The first-order valence-electron chi connectivity index (χ1n) is 16.8. The number of piperidine rings is 1. The van der Waals surface area contributed by atoms with Crippen LogP contribution in [0.15, 0.2) is 42.9 Å². The Labute approximate surface area is 271 Å². The van der Waals surface area contributed by atoms with Gasteiger partial charge in [0.15, 0.2) is 5.82 Å². The van der Waals surface area contributed by atoms with Crippen LogP contribution in [-0.2, 0) is 10.2 Å². The highest BCUT2D eigenvalue weighted by molar-refractivity contribution is 6.08. The number of carbonyl (C=O) groups is 1. The van der Waals surface area contributed by atoms with Gasteiger partial charge in [-0.25, -0.2) is 9.97 Å². The predicted molar refractivity (Wildman–Crippen MR) is 182 cm³/mol. The number of hydrogen-bond donors (Lipinski definition) is 3. The molecule has 3 aromatic heterocycles. The summed E-state index contributed by atoms with van der Waals surface area (Å²) in [7, 11) is 1.73. The Bertz CT molecular complexity index is 1780. The summed E-state index contributed by atoms with van der Waals surface area (Å²) in [6.45, 7) is 12.6. The van der Waals surface area contributed by atoms with Crippen LogP contribution < -0.4 is 15.5 Å². The van der Waals surface area contributed by atoms with Crippen molar-refractivity contribution in [2.45, 2.75) is 96.5 Å². The first kappa shape index (κ1) is 30.8. The molecule has 1 unspecified atom stereocenters. The molecule has 1 atom stereocenters. The van der Waals surface area contributed by atoms with E-state index in [0.29, 0.717) is 11.9 Å². The largest absolute Gasteiger partial charge is 0.374 e. The minimum absolute atomic E-state index is 0.134. The number of aliphatic hydroxyl groups excluding tert-OH is 1. The van der Waals surface area contributed by atoms with Crippen LogP contribution in [0.3, 0.4) is 0 Å². The van der Waals surface area contributed by atoms with Crippen molar-refractivity contribution in [2.24, 2.45) is 0 Å². The van der Waals surface area contributed by atoms with Crippen LogP contribution in [0.2, 0.25) is 0 Å². The molecule has 1 aromatic carbocycles. The van der Waals surface area contributed by atoms with E-state index in [0.717, 1.165) is 63.3 Å². The molecule has 46 heavy (non-hydrogen) atoms. The first-order chi connectivity index (χ1) is 22.1. The van der Waals surface area contributed by atoms with Gasteiger partial charge in [0.05, 0.1) is 34.3 Å². The molecular weight excluding hydrogens is 576 g/mol. The van der Waals surface area contributed by atoms with E-state index in [1.165, 1.54) is 32.4 Å². The monoisotopic (exact) mass is 622 g/mol. The molecule has 5 heterocycles. The molecule has 4 aromatic rings. The highest BCUT2D eigenvalue weighted by Crippen LogP contribution is 2.47. The number of rotatable bonds is 8.